The molecule has 0 spiro atoms. The van der Waals surface area contributed by atoms with Crippen LogP contribution in [0.5, 0.6) is 0 Å². The van der Waals surface area contributed by atoms with Gasteiger partial charge in [0.25, 0.3) is 0 Å². The highest BCUT2D eigenvalue weighted by Gasteiger charge is 2.00. The first-order valence-corrected chi connectivity index (χ1v) is 3.27. The van der Waals surface area contributed by atoms with Crippen molar-refractivity contribution in [3.8, 4) is 0 Å². The lowest BCUT2D eigenvalue weighted by atomic mass is 10.5. The van der Waals surface area contributed by atoms with Crippen molar-refractivity contribution in [2.75, 3.05) is 7.11 Å². The Kier molecular flexibility index (Phi) is 2.06. The van der Waals surface area contributed by atoms with E-state index in [0.717, 1.165) is 5.69 Å². The molecule has 0 aliphatic rings. The summed E-state index contributed by atoms with van der Waals surface area (Å²) in [6.45, 7) is 3.93. The molecule has 3 nitrogen and oxygen atoms in total. The minimum Gasteiger partial charge on any atom is -0.362 e. The first-order valence-electron chi connectivity index (χ1n) is 3.27. The monoisotopic (exact) mass is 140 g/mol. The van der Waals surface area contributed by atoms with Gasteiger partial charge in [-0.2, -0.15) is 0 Å². The molecule has 1 atom stereocenters. The minimum absolute atomic E-state index is 0.0844. The summed E-state index contributed by atoms with van der Waals surface area (Å²) in [4.78, 5) is 4.07. The predicted octanol–water partition coefficient (Wildman–Crippen LogP) is 1.36. The lowest BCUT2D eigenvalue weighted by Gasteiger charge is -2.09. The zero-order valence-electron chi connectivity index (χ0n) is 6.53. The maximum absolute atomic E-state index is 5.07. The van der Waals surface area contributed by atoms with Crippen molar-refractivity contribution in [1.82, 2.24) is 9.55 Å². The molecule has 1 aromatic heterocycles. The Balaban J connectivity index is 2.74. The summed E-state index contributed by atoms with van der Waals surface area (Å²) in [5.74, 6) is 0. The van der Waals surface area contributed by atoms with Crippen LogP contribution in [0.2, 0.25) is 0 Å². The topological polar surface area (TPSA) is 27.1 Å². The number of aromatic nitrogens is 2. The Hall–Kier alpha value is -0.830. The van der Waals surface area contributed by atoms with Gasteiger partial charge >= 0.3 is 0 Å². The fraction of sp³-hybridized carbons (Fsp3) is 0.571. The molecule has 0 aromatic carbocycles. The van der Waals surface area contributed by atoms with Crippen LogP contribution in [0, 0.1) is 6.92 Å². The van der Waals surface area contributed by atoms with Crippen LogP contribution in [-0.2, 0) is 4.74 Å². The van der Waals surface area contributed by atoms with Gasteiger partial charge in [0.05, 0.1) is 12.0 Å². The molecule has 3 heteroatoms. The van der Waals surface area contributed by atoms with Crippen molar-refractivity contribution >= 4 is 0 Å². The number of methoxy groups -OCH3 is 1. The van der Waals surface area contributed by atoms with Crippen molar-refractivity contribution in [2.45, 2.75) is 20.1 Å². The molecule has 0 fully saturated rings. The van der Waals surface area contributed by atoms with E-state index in [1.165, 1.54) is 0 Å². The summed E-state index contributed by atoms with van der Waals surface area (Å²) in [6, 6.07) is 0. The summed E-state index contributed by atoms with van der Waals surface area (Å²) < 4.78 is 7.00. The summed E-state index contributed by atoms with van der Waals surface area (Å²) in [5.41, 5.74) is 1.02. The van der Waals surface area contributed by atoms with Gasteiger partial charge in [0.2, 0.25) is 0 Å². The number of imidazole rings is 1. The Bertz CT molecular complexity index is 207. The SMILES string of the molecule is COC(C)n1cnc(C)c1. The third-order valence-electron chi connectivity index (χ3n) is 1.49. The molecule has 0 radical (unpaired) electrons. The maximum atomic E-state index is 5.07. The Morgan fingerprint density at radius 2 is 2.40 bits per heavy atom. The molecule has 0 saturated heterocycles. The number of hydrogen-bond acceptors (Lipinski definition) is 2. The Labute approximate surface area is 60.6 Å². The van der Waals surface area contributed by atoms with E-state index in [2.05, 4.69) is 4.98 Å². The van der Waals surface area contributed by atoms with E-state index >= 15 is 0 Å². The number of ether oxygens (including phenoxy) is 1. The van der Waals surface area contributed by atoms with Gasteiger partial charge in [-0.15, -0.1) is 0 Å². The molecule has 1 aromatic rings. The number of hydrogen-bond donors (Lipinski definition) is 0. The molecular formula is C7H12N2O. The van der Waals surface area contributed by atoms with Gasteiger partial charge in [-0.1, -0.05) is 0 Å². The second kappa shape index (κ2) is 2.84. The first kappa shape index (κ1) is 7.28. The van der Waals surface area contributed by atoms with Gasteiger partial charge in [-0.3, -0.25) is 0 Å². The van der Waals surface area contributed by atoms with Crippen LogP contribution in [0.4, 0.5) is 0 Å². The maximum Gasteiger partial charge on any atom is 0.131 e. The first-order chi connectivity index (χ1) is 4.74. The molecule has 0 aliphatic heterocycles. The van der Waals surface area contributed by atoms with Gasteiger partial charge in [0, 0.05) is 13.3 Å². The van der Waals surface area contributed by atoms with E-state index < -0.39 is 0 Å². The molecule has 0 saturated carbocycles. The second-order valence-electron chi connectivity index (χ2n) is 2.30. The Morgan fingerprint density at radius 1 is 1.70 bits per heavy atom. The second-order valence-corrected chi connectivity index (χ2v) is 2.30. The van der Waals surface area contributed by atoms with Gasteiger partial charge in [-0.25, -0.2) is 4.98 Å². The standard InChI is InChI=1S/C7H12N2O/c1-6-4-9(5-8-6)7(2)10-3/h4-5,7H,1-3H3. The van der Waals surface area contributed by atoms with Crippen LogP contribution in [0.15, 0.2) is 12.5 Å². The summed E-state index contributed by atoms with van der Waals surface area (Å²) >= 11 is 0. The summed E-state index contributed by atoms with van der Waals surface area (Å²) in [7, 11) is 1.68. The molecule has 0 N–H and O–H groups in total. The molecule has 1 rings (SSSR count). The van der Waals surface area contributed by atoms with Crippen LogP contribution in [0.3, 0.4) is 0 Å². The smallest absolute Gasteiger partial charge is 0.131 e. The molecule has 10 heavy (non-hydrogen) atoms. The van der Waals surface area contributed by atoms with Crippen molar-refractivity contribution in [3.63, 3.8) is 0 Å². The summed E-state index contributed by atoms with van der Waals surface area (Å²) in [6.07, 6.45) is 3.80. The number of rotatable bonds is 2. The van der Waals surface area contributed by atoms with Crippen LogP contribution in [-0.4, -0.2) is 16.7 Å². The van der Waals surface area contributed by atoms with Crippen LogP contribution in [0.25, 0.3) is 0 Å². The van der Waals surface area contributed by atoms with Gasteiger partial charge in [-0.05, 0) is 13.8 Å². The Morgan fingerprint density at radius 3 is 2.80 bits per heavy atom. The lowest BCUT2D eigenvalue weighted by Crippen LogP contribution is -2.03. The zero-order valence-corrected chi connectivity index (χ0v) is 6.53. The van der Waals surface area contributed by atoms with E-state index in [1.54, 1.807) is 13.4 Å². The van der Waals surface area contributed by atoms with Crippen LogP contribution < -0.4 is 0 Å². The molecule has 0 amide bonds. The molecule has 0 aliphatic carbocycles. The highest BCUT2D eigenvalue weighted by molar-refractivity contribution is 4.92. The van der Waals surface area contributed by atoms with Gasteiger partial charge in [0.15, 0.2) is 0 Å². The minimum atomic E-state index is 0.0844. The fourth-order valence-electron chi connectivity index (χ4n) is 0.761. The van der Waals surface area contributed by atoms with E-state index in [1.807, 2.05) is 24.6 Å². The van der Waals surface area contributed by atoms with Crippen molar-refractivity contribution in [2.24, 2.45) is 0 Å². The largest absolute Gasteiger partial charge is 0.362 e. The quantitative estimate of drug-likeness (QED) is 0.620. The van der Waals surface area contributed by atoms with Gasteiger partial charge < -0.3 is 9.30 Å². The fourth-order valence-corrected chi connectivity index (χ4v) is 0.761. The predicted molar refractivity (Wildman–Crippen MR) is 38.7 cm³/mol. The average molecular weight is 140 g/mol. The highest BCUT2D eigenvalue weighted by Crippen LogP contribution is 2.05. The van der Waals surface area contributed by atoms with E-state index in [4.69, 9.17) is 4.74 Å². The summed E-state index contributed by atoms with van der Waals surface area (Å²) in [5, 5.41) is 0. The third kappa shape index (κ3) is 1.36. The van der Waals surface area contributed by atoms with Crippen molar-refractivity contribution < 1.29 is 4.74 Å². The van der Waals surface area contributed by atoms with Crippen LogP contribution >= 0.6 is 0 Å². The molecular weight excluding hydrogens is 128 g/mol. The molecule has 1 heterocycles. The zero-order chi connectivity index (χ0) is 7.56. The van der Waals surface area contributed by atoms with E-state index in [0.29, 0.717) is 0 Å². The molecule has 0 bridgehead atoms. The molecule has 1 unspecified atom stereocenters. The molecule has 56 valence electrons. The van der Waals surface area contributed by atoms with E-state index in [-0.39, 0.29) is 6.23 Å². The average Bonchev–Trinajstić information content (AvgIpc) is 2.34. The lowest BCUT2D eigenvalue weighted by molar-refractivity contribution is 0.0604. The van der Waals surface area contributed by atoms with Crippen LogP contribution in [0.1, 0.15) is 18.8 Å². The van der Waals surface area contributed by atoms with E-state index in [9.17, 15) is 0 Å². The number of nitrogens with zero attached hydrogens (tertiary/aromatic N) is 2. The third-order valence-corrected chi connectivity index (χ3v) is 1.49. The highest BCUT2D eigenvalue weighted by atomic mass is 16.5. The van der Waals surface area contributed by atoms with Crippen molar-refractivity contribution in [1.29, 1.82) is 0 Å². The normalized spacial score (nSPS) is 13.5. The van der Waals surface area contributed by atoms with Crippen molar-refractivity contribution in [3.05, 3.63) is 18.2 Å². The van der Waals surface area contributed by atoms with Gasteiger partial charge in [0.1, 0.15) is 6.23 Å². The number of aryl methyl sites for hydroxylation is 1.